The number of carbonyl (C=O) groups is 1. The third-order valence-corrected chi connectivity index (χ3v) is 8.20. The summed E-state index contributed by atoms with van der Waals surface area (Å²) in [7, 11) is -1.97. The van der Waals surface area contributed by atoms with Gasteiger partial charge < -0.3 is 9.16 Å². The summed E-state index contributed by atoms with van der Waals surface area (Å²) in [4.78, 5) is 12.0. The van der Waals surface area contributed by atoms with Crippen molar-refractivity contribution in [2.75, 3.05) is 0 Å². The van der Waals surface area contributed by atoms with Crippen LogP contribution in [0.3, 0.4) is 0 Å². The molecule has 0 saturated carbocycles. The number of hydrogen-bond donors (Lipinski definition) is 0. The van der Waals surface area contributed by atoms with E-state index in [-0.39, 0.29) is 22.5 Å². The van der Waals surface area contributed by atoms with E-state index in [4.69, 9.17) is 9.16 Å². The average molecular weight is 284 g/mol. The molecule has 0 bridgehead atoms. The Hall–Kier alpha value is -0.453. The van der Waals surface area contributed by atoms with Gasteiger partial charge in [-0.25, -0.2) is 0 Å². The summed E-state index contributed by atoms with van der Waals surface area (Å²) in [6.07, 6.45) is 2.68. The van der Waals surface area contributed by atoms with Gasteiger partial charge in [0.05, 0.1) is 5.60 Å². The fourth-order valence-electron chi connectivity index (χ4n) is 1.68. The molecular formula is C15H28O3Si. The molecule has 1 aliphatic carbocycles. The van der Waals surface area contributed by atoms with E-state index < -0.39 is 14.4 Å². The molecule has 0 fully saturated rings. The third-order valence-electron chi connectivity index (χ3n) is 3.75. The highest BCUT2D eigenvalue weighted by atomic mass is 28.4. The molecule has 1 aliphatic rings. The molecule has 0 aliphatic heterocycles. The molecule has 19 heavy (non-hydrogen) atoms. The van der Waals surface area contributed by atoms with Crippen LogP contribution in [0.1, 0.15) is 41.5 Å². The van der Waals surface area contributed by atoms with E-state index in [1.807, 2.05) is 26.8 Å². The lowest BCUT2D eigenvalue weighted by atomic mass is 10.1. The Bertz CT molecular complexity index is 372. The van der Waals surface area contributed by atoms with Gasteiger partial charge in [-0.1, -0.05) is 20.8 Å². The van der Waals surface area contributed by atoms with Crippen LogP contribution in [-0.4, -0.2) is 31.9 Å². The fourth-order valence-corrected chi connectivity index (χ4v) is 2.91. The summed E-state index contributed by atoms with van der Waals surface area (Å²) in [5.74, 6) is 0.0269. The molecule has 0 amide bonds. The van der Waals surface area contributed by atoms with Gasteiger partial charge in [0, 0.05) is 0 Å². The Morgan fingerprint density at radius 2 is 1.63 bits per heavy atom. The van der Waals surface area contributed by atoms with Crippen molar-refractivity contribution in [3.05, 3.63) is 12.2 Å². The SMILES string of the molecule is CC(C)(C)OC1C=CC(=O)C1O[Si](C)(C)C(C)(C)C. The van der Waals surface area contributed by atoms with E-state index in [2.05, 4.69) is 33.9 Å². The van der Waals surface area contributed by atoms with Gasteiger partial charge >= 0.3 is 0 Å². The van der Waals surface area contributed by atoms with Crippen LogP contribution in [-0.2, 0) is 14.0 Å². The van der Waals surface area contributed by atoms with Gasteiger partial charge in [0.15, 0.2) is 14.1 Å². The molecule has 1 rings (SSSR count). The van der Waals surface area contributed by atoms with E-state index >= 15 is 0 Å². The van der Waals surface area contributed by atoms with Crippen molar-refractivity contribution in [3.8, 4) is 0 Å². The molecule has 0 aromatic heterocycles. The van der Waals surface area contributed by atoms with E-state index in [1.54, 1.807) is 6.08 Å². The predicted octanol–water partition coefficient (Wildman–Crippen LogP) is 3.70. The lowest BCUT2D eigenvalue weighted by molar-refractivity contribution is -0.130. The monoisotopic (exact) mass is 284 g/mol. The number of ether oxygens (including phenoxy) is 1. The number of ketones is 1. The van der Waals surface area contributed by atoms with Crippen LogP contribution in [0.2, 0.25) is 18.1 Å². The van der Waals surface area contributed by atoms with Gasteiger partial charge in [-0.05, 0) is 51.1 Å². The second kappa shape index (κ2) is 5.15. The molecule has 0 radical (unpaired) electrons. The molecule has 0 saturated heterocycles. The fraction of sp³-hybridized carbons (Fsp3) is 0.800. The van der Waals surface area contributed by atoms with Crippen molar-refractivity contribution in [1.29, 1.82) is 0 Å². The highest BCUT2D eigenvalue weighted by molar-refractivity contribution is 6.74. The van der Waals surface area contributed by atoms with Crippen molar-refractivity contribution >= 4 is 14.1 Å². The number of rotatable bonds is 3. The molecule has 0 heterocycles. The topological polar surface area (TPSA) is 35.5 Å². The first-order valence-electron chi connectivity index (χ1n) is 6.91. The molecule has 110 valence electrons. The quantitative estimate of drug-likeness (QED) is 0.741. The summed E-state index contributed by atoms with van der Waals surface area (Å²) < 4.78 is 12.2. The summed E-state index contributed by atoms with van der Waals surface area (Å²) in [5, 5.41) is 0.0855. The van der Waals surface area contributed by atoms with Crippen molar-refractivity contribution in [2.24, 2.45) is 0 Å². The zero-order valence-corrected chi connectivity index (χ0v) is 14.5. The lowest BCUT2D eigenvalue weighted by Gasteiger charge is -2.40. The Balaban J connectivity index is 2.84. The van der Waals surface area contributed by atoms with Gasteiger partial charge in [-0.15, -0.1) is 0 Å². The molecular weight excluding hydrogens is 256 g/mol. The van der Waals surface area contributed by atoms with Crippen LogP contribution < -0.4 is 0 Å². The van der Waals surface area contributed by atoms with Gasteiger partial charge in [-0.2, -0.15) is 0 Å². The Morgan fingerprint density at radius 3 is 2.05 bits per heavy atom. The molecule has 3 nitrogen and oxygen atoms in total. The van der Waals surface area contributed by atoms with Crippen molar-refractivity contribution in [2.45, 2.75) is 77.5 Å². The van der Waals surface area contributed by atoms with Crippen LogP contribution >= 0.6 is 0 Å². The highest BCUT2D eigenvalue weighted by Gasteiger charge is 2.44. The minimum atomic E-state index is -1.97. The number of carbonyl (C=O) groups excluding carboxylic acids is 1. The highest BCUT2D eigenvalue weighted by Crippen LogP contribution is 2.38. The maximum atomic E-state index is 12.0. The van der Waals surface area contributed by atoms with E-state index in [0.717, 1.165) is 0 Å². The van der Waals surface area contributed by atoms with Crippen LogP contribution in [0.15, 0.2) is 12.2 Å². The minimum absolute atomic E-state index is 0.0269. The van der Waals surface area contributed by atoms with Crippen molar-refractivity contribution in [3.63, 3.8) is 0 Å². The van der Waals surface area contributed by atoms with Crippen LogP contribution in [0, 0.1) is 0 Å². The predicted molar refractivity (Wildman–Crippen MR) is 80.8 cm³/mol. The van der Waals surface area contributed by atoms with E-state index in [9.17, 15) is 4.79 Å². The molecule has 0 aromatic rings. The van der Waals surface area contributed by atoms with Gasteiger partial charge in [0.25, 0.3) is 0 Å². The Labute approximate surface area is 118 Å². The Morgan fingerprint density at radius 1 is 1.11 bits per heavy atom. The first-order chi connectivity index (χ1) is 8.33. The van der Waals surface area contributed by atoms with Gasteiger partial charge in [-0.3, -0.25) is 4.79 Å². The summed E-state index contributed by atoms with van der Waals surface area (Å²) in [6.45, 7) is 16.8. The second-order valence-electron chi connectivity index (χ2n) is 7.76. The zero-order valence-electron chi connectivity index (χ0n) is 13.5. The maximum absolute atomic E-state index is 12.0. The lowest BCUT2D eigenvalue weighted by Crippen LogP contribution is -2.49. The molecule has 2 atom stereocenters. The van der Waals surface area contributed by atoms with E-state index in [0.29, 0.717) is 0 Å². The molecule has 0 spiro atoms. The summed E-state index contributed by atoms with van der Waals surface area (Å²) >= 11 is 0. The molecule has 0 N–H and O–H groups in total. The third kappa shape index (κ3) is 4.26. The average Bonchev–Trinajstić information content (AvgIpc) is 2.45. The maximum Gasteiger partial charge on any atom is 0.193 e. The first-order valence-corrected chi connectivity index (χ1v) is 9.82. The van der Waals surface area contributed by atoms with Crippen molar-refractivity contribution < 1.29 is 14.0 Å². The summed E-state index contributed by atoms with van der Waals surface area (Å²) in [5.41, 5.74) is -0.283. The summed E-state index contributed by atoms with van der Waals surface area (Å²) in [6, 6.07) is 0. The molecule has 4 heteroatoms. The van der Waals surface area contributed by atoms with Gasteiger partial charge in [0.1, 0.15) is 12.2 Å². The standard InChI is InChI=1S/C15H28O3Si/c1-14(2,3)17-12-10-9-11(16)13(12)18-19(7,8)15(4,5)6/h9-10,12-13H,1-8H3. The first kappa shape index (κ1) is 16.6. The normalized spacial score (nSPS) is 25.2. The number of hydrogen-bond acceptors (Lipinski definition) is 3. The van der Waals surface area contributed by atoms with Crippen LogP contribution in [0.25, 0.3) is 0 Å². The Kier molecular flexibility index (Phi) is 4.50. The van der Waals surface area contributed by atoms with Crippen LogP contribution in [0.5, 0.6) is 0 Å². The van der Waals surface area contributed by atoms with E-state index in [1.165, 1.54) is 0 Å². The van der Waals surface area contributed by atoms with Crippen LogP contribution in [0.4, 0.5) is 0 Å². The molecule has 2 unspecified atom stereocenters. The second-order valence-corrected chi connectivity index (χ2v) is 12.5. The zero-order chi connectivity index (χ0) is 15.1. The largest absolute Gasteiger partial charge is 0.404 e. The van der Waals surface area contributed by atoms with Crippen molar-refractivity contribution in [1.82, 2.24) is 0 Å². The minimum Gasteiger partial charge on any atom is -0.404 e. The smallest absolute Gasteiger partial charge is 0.193 e. The molecule has 0 aromatic carbocycles. The van der Waals surface area contributed by atoms with Gasteiger partial charge in [0.2, 0.25) is 0 Å².